The van der Waals surface area contributed by atoms with Crippen LogP contribution in [-0.2, 0) is 11.3 Å². The number of nitrogens with zero attached hydrogens (tertiary/aromatic N) is 1. The number of carbonyl (C=O) groups excluding carboxylic acids is 1. The number of carbonyl (C=O) groups is 1. The first-order valence-corrected chi connectivity index (χ1v) is 9.61. The Morgan fingerprint density at radius 1 is 1.04 bits per heavy atom. The van der Waals surface area contributed by atoms with Gasteiger partial charge in [-0.2, -0.15) is 0 Å². The van der Waals surface area contributed by atoms with Crippen molar-refractivity contribution in [3.63, 3.8) is 0 Å². The van der Waals surface area contributed by atoms with E-state index in [1.165, 1.54) is 0 Å². The zero-order valence-corrected chi connectivity index (χ0v) is 17.0. The quantitative estimate of drug-likeness (QED) is 0.586. The van der Waals surface area contributed by atoms with Gasteiger partial charge >= 0.3 is 6.09 Å². The minimum absolute atomic E-state index is 0.241. The summed E-state index contributed by atoms with van der Waals surface area (Å²) in [6.07, 6.45) is 1.85. The molecule has 2 aromatic carbocycles. The summed E-state index contributed by atoms with van der Waals surface area (Å²) in [7, 11) is 0. The molecule has 0 N–H and O–H groups in total. The van der Waals surface area contributed by atoms with Crippen LogP contribution in [-0.4, -0.2) is 22.6 Å². The molecule has 0 spiro atoms. The van der Waals surface area contributed by atoms with E-state index in [2.05, 4.69) is 15.9 Å². The largest absolute Gasteiger partial charge is 0.457 e. The number of ether oxygens (including phenoxy) is 2. The predicted octanol–water partition coefficient (Wildman–Crippen LogP) is 6.14. The molecule has 1 aliphatic carbocycles. The molecular weight excluding hydrogens is 394 g/mol. The Labute approximate surface area is 163 Å². The van der Waals surface area contributed by atoms with Crippen molar-refractivity contribution in [1.82, 2.24) is 4.90 Å². The predicted molar refractivity (Wildman–Crippen MR) is 105 cm³/mol. The molecule has 1 aliphatic rings. The van der Waals surface area contributed by atoms with Crippen LogP contribution in [0.25, 0.3) is 0 Å². The smallest absolute Gasteiger partial charge is 0.410 e. The molecule has 1 amide bonds. The highest BCUT2D eigenvalue weighted by Crippen LogP contribution is 2.30. The number of benzene rings is 2. The molecule has 2 aromatic rings. The summed E-state index contributed by atoms with van der Waals surface area (Å²) >= 11 is 3.41. The number of hydrogen-bond acceptors (Lipinski definition) is 3. The molecule has 4 nitrogen and oxygen atoms in total. The van der Waals surface area contributed by atoms with Crippen LogP contribution in [0.4, 0.5) is 4.79 Å². The molecule has 1 fully saturated rings. The third-order valence-electron chi connectivity index (χ3n) is 3.94. The second kappa shape index (κ2) is 7.70. The molecule has 0 radical (unpaired) electrons. The van der Waals surface area contributed by atoms with E-state index in [0.29, 0.717) is 12.6 Å². The van der Waals surface area contributed by atoms with Gasteiger partial charge in [0.1, 0.15) is 17.1 Å². The first kappa shape index (κ1) is 18.8. The Kier molecular flexibility index (Phi) is 5.56. The van der Waals surface area contributed by atoms with Crippen LogP contribution in [0.3, 0.4) is 0 Å². The Morgan fingerprint density at radius 2 is 1.58 bits per heavy atom. The summed E-state index contributed by atoms with van der Waals surface area (Å²) in [5.74, 6) is 1.56. The Hall–Kier alpha value is -2.01. The molecule has 1 saturated carbocycles. The van der Waals surface area contributed by atoms with Gasteiger partial charge in [-0.3, -0.25) is 0 Å². The van der Waals surface area contributed by atoms with Crippen LogP contribution in [0, 0.1) is 0 Å². The molecule has 0 heterocycles. The highest BCUT2D eigenvalue weighted by Gasteiger charge is 2.35. The van der Waals surface area contributed by atoms with Crippen molar-refractivity contribution in [3.8, 4) is 11.5 Å². The highest BCUT2D eigenvalue weighted by atomic mass is 79.9. The lowest BCUT2D eigenvalue weighted by atomic mass is 10.2. The van der Waals surface area contributed by atoms with E-state index in [1.807, 2.05) is 74.2 Å². The maximum atomic E-state index is 12.5. The Morgan fingerprint density at radius 3 is 2.08 bits per heavy atom. The highest BCUT2D eigenvalue weighted by molar-refractivity contribution is 9.10. The first-order chi connectivity index (χ1) is 12.3. The molecule has 0 bridgehead atoms. The lowest BCUT2D eigenvalue weighted by Gasteiger charge is -2.27. The maximum Gasteiger partial charge on any atom is 0.410 e. The van der Waals surface area contributed by atoms with Crippen molar-refractivity contribution < 1.29 is 14.3 Å². The fourth-order valence-corrected chi connectivity index (χ4v) is 2.81. The average molecular weight is 418 g/mol. The number of amides is 1. The van der Waals surface area contributed by atoms with Gasteiger partial charge in [0.05, 0.1) is 0 Å². The minimum Gasteiger partial charge on any atom is -0.457 e. The second-order valence-electron chi connectivity index (χ2n) is 7.54. The standard InChI is InChI=1S/C21H24BrNO3/c1-21(2,3)26-20(24)23(17-8-9-17)14-15-4-10-18(11-5-15)25-19-12-6-16(22)7-13-19/h4-7,10-13,17H,8-9,14H2,1-3H3. The minimum atomic E-state index is -0.480. The Balaban J connectivity index is 1.63. The van der Waals surface area contributed by atoms with Crippen LogP contribution in [0.1, 0.15) is 39.2 Å². The zero-order chi connectivity index (χ0) is 18.7. The zero-order valence-electron chi connectivity index (χ0n) is 15.4. The van der Waals surface area contributed by atoms with Crippen molar-refractivity contribution in [2.75, 3.05) is 0 Å². The summed E-state index contributed by atoms with van der Waals surface area (Å²) in [5, 5.41) is 0. The van der Waals surface area contributed by atoms with E-state index in [4.69, 9.17) is 9.47 Å². The molecule has 0 unspecified atom stereocenters. The van der Waals surface area contributed by atoms with E-state index >= 15 is 0 Å². The fraction of sp³-hybridized carbons (Fsp3) is 0.381. The molecule has 3 rings (SSSR count). The molecule has 0 aromatic heterocycles. The molecule has 0 aliphatic heterocycles. The lowest BCUT2D eigenvalue weighted by Crippen LogP contribution is -2.37. The van der Waals surface area contributed by atoms with Crippen molar-refractivity contribution in [3.05, 3.63) is 58.6 Å². The van der Waals surface area contributed by atoms with Crippen LogP contribution in [0.5, 0.6) is 11.5 Å². The van der Waals surface area contributed by atoms with Crippen molar-refractivity contribution in [1.29, 1.82) is 0 Å². The third kappa shape index (κ3) is 5.49. The third-order valence-corrected chi connectivity index (χ3v) is 4.47. The van der Waals surface area contributed by atoms with Gasteiger partial charge in [0, 0.05) is 17.1 Å². The lowest BCUT2D eigenvalue weighted by molar-refractivity contribution is 0.0216. The van der Waals surface area contributed by atoms with Crippen molar-refractivity contribution >= 4 is 22.0 Å². The summed E-state index contributed by atoms with van der Waals surface area (Å²) in [6, 6.07) is 15.8. The second-order valence-corrected chi connectivity index (χ2v) is 8.46. The molecular formula is C21H24BrNO3. The van der Waals surface area contributed by atoms with E-state index in [9.17, 15) is 4.79 Å². The first-order valence-electron chi connectivity index (χ1n) is 8.82. The van der Waals surface area contributed by atoms with Crippen LogP contribution in [0.15, 0.2) is 53.0 Å². The SMILES string of the molecule is CC(C)(C)OC(=O)N(Cc1ccc(Oc2ccc(Br)cc2)cc1)C1CC1. The average Bonchev–Trinajstić information content (AvgIpc) is 3.39. The summed E-state index contributed by atoms with van der Waals surface area (Å²) in [6.45, 7) is 6.23. The summed E-state index contributed by atoms with van der Waals surface area (Å²) < 4.78 is 12.4. The van der Waals surface area contributed by atoms with Gasteiger partial charge < -0.3 is 14.4 Å². The monoisotopic (exact) mass is 417 g/mol. The number of rotatable bonds is 5. The molecule has 5 heteroatoms. The fourth-order valence-electron chi connectivity index (χ4n) is 2.55. The van der Waals surface area contributed by atoms with Gasteiger partial charge in [-0.25, -0.2) is 4.79 Å². The normalized spacial score (nSPS) is 14.0. The van der Waals surface area contributed by atoms with Crippen LogP contribution >= 0.6 is 15.9 Å². The Bertz CT molecular complexity index is 746. The topological polar surface area (TPSA) is 38.8 Å². The van der Waals surface area contributed by atoms with Crippen LogP contribution < -0.4 is 4.74 Å². The van der Waals surface area contributed by atoms with E-state index in [1.54, 1.807) is 0 Å². The van der Waals surface area contributed by atoms with E-state index < -0.39 is 5.60 Å². The van der Waals surface area contributed by atoms with Crippen molar-refractivity contribution in [2.24, 2.45) is 0 Å². The van der Waals surface area contributed by atoms with Gasteiger partial charge in [0.15, 0.2) is 0 Å². The maximum absolute atomic E-state index is 12.5. The van der Waals surface area contributed by atoms with Crippen LogP contribution in [0.2, 0.25) is 0 Å². The number of halogens is 1. The van der Waals surface area contributed by atoms with Gasteiger partial charge in [-0.05, 0) is 75.6 Å². The molecule has 26 heavy (non-hydrogen) atoms. The van der Waals surface area contributed by atoms with Gasteiger partial charge in [0.25, 0.3) is 0 Å². The van der Waals surface area contributed by atoms with Crippen molar-refractivity contribution in [2.45, 2.75) is 51.8 Å². The molecule has 0 saturated heterocycles. The summed E-state index contributed by atoms with van der Waals surface area (Å²) in [4.78, 5) is 14.3. The van der Waals surface area contributed by atoms with E-state index in [0.717, 1.165) is 34.4 Å². The van der Waals surface area contributed by atoms with Gasteiger partial charge in [-0.15, -0.1) is 0 Å². The van der Waals surface area contributed by atoms with Gasteiger partial charge in [0.2, 0.25) is 0 Å². The van der Waals surface area contributed by atoms with E-state index in [-0.39, 0.29) is 6.09 Å². The molecule has 0 atom stereocenters. The number of hydrogen-bond donors (Lipinski definition) is 0. The molecule has 138 valence electrons. The summed E-state index contributed by atoms with van der Waals surface area (Å²) in [5.41, 5.74) is 0.581. The van der Waals surface area contributed by atoms with Gasteiger partial charge in [-0.1, -0.05) is 28.1 Å².